The molecule has 2 fully saturated rings. The number of hydrogen-bond acceptors (Lipinski definition) is 5. The van der Waals surface area contributed by atoms with Crippen molar-refractivity contribution < 1.29 is 4.79 Å². The van der Waals surface area contributed by atoms with Gasteiger partial charge < -0.3 is 16.0 Å². The van der Waals surface area contributed by atoms with Crippen LogP contribution in [0, 0.1) is 5.41 Å². The van der Waals surface area contributed by atoms with Crippen LogP contribution in [0.5, 0.6) is 0 Å². The van der Waals surface area contributed by atoms with Gasteiger partial charge in [-0.1, -0.05) is 6.07 Å². The van der Waals surface area contributed by atoms with Gasteiger partial charge >= 0.3 is 0 Å². The van der Waals surface area contributed by atoms with Crippen LogP contribution in [-0.4, -0.2) is 48.9 Å². The molecule has 120 valence electrons. The zero-order valence-corrected chi connectivity index (χ0v) is 13.6. The maximum Gasteiger partial charge on any atom is 0.237 e. The van der Waals surface area contributed by atoms with Crippen LogP contribution in [0.3, 0.4) is 0 Å². The summed E-state index contributed by atoms with van der Waals surface area (Å²) in [5.74, 6) is 1.00. The molecule has 2 saturated heterocycles. The van der Waals surface area contributed by atoms with Crippen molar-refractivity contribution in [3.05, 3.63) is 24.4 Å². The van der Waals surface area contributed by atoms with E-state index in [-0.39, 0.29) is 11.9 Å². The van der Waals surface area contributed by atoms with Crippen molar-refractivity contribution in [2.75, 3.05) is 31.9 Å². The van der Waals surface area contributed by atoms with E-state index in [0.717, 1.165) is 36.8 Å². The number of thioether (sulfide) groups is 1. The Morgan fingerprint density at radius 3 is 3.05 bits per heavy atom. The van der Waals surface area contributed by atoms with Crippen molar-refractivity contribution in [3.63, 3.8) is 0 Å². The second kappa shape index (κ2) is 7.44. The van der Waals surface area contributed by atoms with Crippen LogP contribution < -0.4 is 16.0 Å². The Bertz CT molecular complexity index is 490. The molecular weight excluding hydrogens is 296 g/mol. The Kier molecular flexibility index (Phi) is 5.33. The first-order chi connectivity index (χ1) is 10.8. The third-order valence-corrected chi connectivity index (χ3v) is 5.58. The zero-order chi connectivity index (χ0) is 15.3. The van der Waals surface area contributed by atoms with Gasteiger partial charge in [0.1, 0.15) is 0 Å². The molecule has 0 bridgehead atoms. The molecule has 3 heterocycles. The molecule has 3 N–H and O–H groups in total. The fraction of sp³-hybridized carbons (Fsp3) is 0.625. The third-order valence-electron chi connectivity index (χ3n) is 4.63. The first kappa shape index (κ1) is 15.8. The van der Waals surface area contributed by atoms with Gasteiger partial charge in [0.15, 0.2) is 0 Å². The number of pyridine rings is 1. The fourth-order valence-corrected chi connectivity index (χ4v) is 4.05. The van der Waals surface area contributed by atoms with Crippen LogP contribution >= 0.6 is 11.8 Å². The summed E-state index contributed by atoms with van der Waals surface area (Å²) in [5.41, 5.74) is 0.343. The molecule has 0 saturated carbocycles. The lowest BCUT2D eigenvalue weighted by atomic mass is 9.77. The molecule has 1 spiro atoms. The maximum atomic E-state index is 12.3. The highest BCUT2D eigenvalue weighted by Crippen LogP contribution is 2.37. The molecule has 2 aliphatic rings. The van der Waals surface area contributed by atoms with E-state index in [1.807, 2.05) is 18.2 Å². The molecule has 1 aromatic rings. The van der Waals surface area contributed by atoms with Gasteiger partial charge in [-0.2, -0.15) is 0 Å². The summed E-state index contributed by atoms with van der Waals surface area (Å²) >= 11 is 1.67. The number of aromatic nitrogens is 1. The first-order valence-electron chi connectivity index (χ1n) is 8.03. The van der Waals surface area contributed by atoms with Gasteiger partial charge in [0.25, 0.3) is 0 Å². The Morgan fingerprint density at radius 2 is 2.27 bits per heavy atom. The molecule has 0 aromatic carbocycles. The summed E-state index contributed by atoms with van der Waals surface area (Å²) < 4.78 is 0. The number of carbonyl (C=O) groups is 1. The van der Waals surface area contributed by atoms with Crippen LogP contribution in [-0.2, 0) is 4.79 Å². The number of amides is 1. The summed E-state index contributed by atoms with van der Waals surface area (Å²) in [7, 11) is 0. The number of rotatable bonds is 5. The predicted molar refractivity (Wildman–Crippen MR) is 88.9 cm³/mol. The van der Waals surface area contributed by atoms with Gasteiger partial charge in [-0.25, -0.2) is 4.98 Å². The molecule has 0 radical (unpaired) electrons. The Morgan fingerprint density at radius 1 is 1.41 bits per heavy atom. The lowest BCUT2D eigenvalue weighted by Gasteiger charge is -2.33. The zero-order valence-electron chi connectivity index (χ0n) is 12.8. The predicted octanol–water partition coefficient (Wildman–Crippen LogP) is 1.02. The van der Waals surface area contributed by atoms with Crippen molar-refractivity contribution in [2.24, 2.45) is 5.41 Å². The number of hydrogen-bond donors (Lipinski definition) is 3. The molecular formula is C16H24N4OS. The minimum Gasteiger partial charge on any atom is -0.354 e. The normalized spacial score (nSPS) is 23.5. The molecule has 6 heteroatoms. The van der Waals surface area contributed by atoms with Crippen molar-refractivity contribution in [1.29, 1.82) is 0 Å². The number of nitrogens with one attached hydrogen (secondary N) is 3. The molecule has 5 nitrogen and oxygen atoms in total. The van der Waals surface area contributed by atoms with E-state index in [1.54, 1.807) is 18.0 Å². The van der Waals surface area contributed by atoms with Crippen molar-refractivity contribution in [2.45, 2.75) is 30.3 Å². The van der Waals surface area contributed by atoms with E-state index < -0.39 is 0 Å². The van der Waals surface area contributed by atoms with Gasteiger partial charge in [0.2, 0.25) is 5.91 Å². The Hall–Kier alpha value is -1.11. The standard InChI is InChI=1S/C16H24N4OS/c21-15(19-9-10-22-14-3-1-2-6-18-14)13-11-16(12-20-13)4-7-17-8-5-16/h1-3,6,13,17,20H,4-5,7-12H2,(H,19,21). The number of nitrogens with zero attached hydrogens (tertiary/aromatic N) is 1. The van der Waals surface area contributed by atoms with Crippen LogP contribution in [0.15, 0.2) is 29.4 Å². The van der Waals surface area contributed by atoms with Gasteiger partial charge in [0, 0.05) is 25.0 Å². The minimum atomic E-state index is -0.0158. The van der Waals surface area contributed by atoms with Crippen LogP contribution in [0.25, 0.3) is 0 Å². The molecule has 22 heavy (non-hydrogen) atoms. The summed E-state index contributed by atoms with van der Waals surface area (Å²) in [5, 5.41) is 10.9. The summed E-state index contributed by atoms with van der Waals surface area (Å²) in [6.45, 7) is 3.83. The number of carbonyl (C=O) groups excluding carboxylic acids is 1. The molecule has 2 aliphatic heterocycles. The van der Waals surface area contributed by atoms with Crippen molar-refractivity contribution in [3.8, 4) is 0 Å². The smallest absolute Gasteiger partial charge is 0.237 e. The second-order valence-corrected chi connectivity index (χ2v) is 7.31. The molecule has 1 amide bonds. The molecule has 0 aliphatic carbocycles. The van der Waals surface area contributed by atoms with Gasteiger partial charge in [-0.05, 0) is 49.9 Å². The molecule has 3 rings (SSSR count). The van der Waals surface area contributed by atoms with E-state index in [2.05, 4.69) is 20.9 Å². The summed E-state index contributed by atoms with van der Waals surface area (Å²) in [4.78, 5) is 16.5. The number of piperidine rings is 1. The van der Waals surface area contributed by atoms with E-state index in [1.165, 1.54) is 12.8 Å². The van der Waals surface area contributed by atoms with Crippen molar-refractivity contribution >= 4 is 17.7 Å². The Balaban J connectivity index is 1.37. The van der Waals surface area contributed by atoms with E-state index >= 15 is 0 Å². The van der Waals surface area contributed by atoms with Crippen LogP contribution in [0.4, 0.5) is 0 Å². The fourth-order valence-electron chi connectivity index (χ4n) is 3.33. The van der Waals surface area contributed by atoms with E-state index in [0.29, 0.717) is 12.0 Å². The SMILES string of the molecule is O=C(NCCSc1ccccn1)C1CC2(CCNCC2)CN1. The van der Waals surface area contributed by atoms with Gasteiger partial charge in [-0.15, -0.1) is 11.8 Å². The van der Waals surface area contributed by atoms with Crippen LogP contribution in [0.1, 0.15) is 19.3 Å². The molecule has 1 atom stereocenters. The van der Waals surface area contributed by atoms with Crippen LogP contribution in [0.2, 0.25) is 0 Å². The molecule has 1 unspecified atom stereocenters. The second-order valence-electron chi connectivity index (χ2n) is 6.20. The first-order valence-corrected chi connectivity index (χ1v) is 9.02. The monoisotopic (exact) mass is 320 g/mol. The highest BCUT2D eigenvalue weighted by atomic mass is 32.2. The Labute approximate surface area is 136 Å². The lowest BCUT2D eigenvalue weighted by Crippen LogP contribution is -2.41. The third kappa shape index (κ3) is 4.00. The van der Waals surface area contributed by atoms with Gasteiger partial charge in [-0.3, -0.25) is 4.79 Å². The highest BCUT2D eigenvalue weighted by molar-refractivity contribution is 7.99. The quantitative estimate of drug-likeness (QED) is 0.558. The minimum absolute atomic E-state index is 0.0158. The van der Waals surface area contributed by atoms with E-state index in [4.69, 9.17) is 0 Å². The van der Waals surface area contributed by atoms with Crippen molar-refractivity contribution in [1.82, 2.24) is 20.9 Å². The lowest BCUT2D eigenvalue weighted by molar-refractivity contribution is -0.122. The maximum absolute atomic E-state index is 12.3. The summed E-state index contributed by atoms with van der Waals surface area (Å²) in [6.07, 6.45) is 5.13. The average Bonchev–Trinajstić information content (AvgIpc) is 2.97. The average molecular weight is 320 g/mol. The van der Waals surface area contributed by atoms with E-state index in [9.17, 15) is 4.79 Å². The highest BCUT2D eigenvalue weighted by Gasteiger charge is 2.41. The molecule has 1 aromatic heterocycles. The summed E-state index contributed by atoms with van der Waals surface area (Å²) in [6, 6.07) is 5.87. The topological polar surface area (TPSA) is 66.0 Å². The largest absolute Gasteiger partial charge is 0.354 e. The van der Waals surface area contributed by atoms with Gasteiger partial charge in [0.05, 0.1) is 11.1 Å².